The van der Waals surface area contributed by atoms with Crippen LogP contribution in [0.5, 0.6) is 0 Å². The Kier molecular flexibility index (Phi) is 2.11. The van der Waals surface area contributed by atoms with Crippen molar-refractivity contribution in [1.29, 1.82) is 0 Å². The van der Waals surface area contributed by atoms with Gasteiger partial charge in [-0.2, -0.15) is 0 Å². The number of aliphatic hydroxyl groups excluding tert-OH is 1. The van der Waals surface area contributed by atoms with Crippen LogP contribution in [0.4, 0.5) is 0 Å². The van der Waals surface area contributed by atoms with E-state index in [4.69, 9.17) is 0 Å². The predicted molar refractivity (Wildman–Crippen MR) is 66.1 cm³/mol. The quantitative estimate of drug-likeness (QED) is 0.754. The number of aliphatic hydroxyl groups is 1. The van der Waals surface area contributed by atoms with E-state index in [1.54, 1.807) is 0 Å². The summed E-state index contributed by atoms with van der Waals surface area (Å²) in [5, 5.41) is 10.5. The smallest absolute Gasteiger partial charge is 0.0594 e. The minimum absolute atomic E-state index is 0.0467. The molecule has 2 unspecified atom stereocenters. The van der Waals surface area contributed by atoms with Crippen LogP contribution < -0.4 is 0 Å². The Morgan fingerprint density at radius 2 is 1.62 bits per heavy atom. The van der Waals surface area contributed by atoms with Gasteiger partial charge in [-0.25, -0.2) is 0 Å². The van der Waals surface area contributed by atoms with E-state index in [0.717, 1.165) is 12.3 Å². The molecule has 4 fully saturated rings. The SMILES string of the molecule is CC[C@@H](O)C12CC3CC(C)(CC(C)(C3)C1)C2. The average molecular weight is 222 g/mol. The molecule has 0 amide bonds. The number of hydrogen-bond donors (Lipinski definition) is 1. The summed E-state index contributed by atoms with van der Waals surface area (Å²) in [5.74, 6) is 0.910. The molecule has 92 valence electrons. The van der Waals surface area contributed by atoms with Crippen LogP contribution in [0.1, 0.15) is 65.7 Å². The Balaban J connectivity index is 1.98. The fourth-order valence-corrected chi connectivity index (χ4v) is 6.34. The Morgan fingerprint density at radius 3 is 2.06 bits per heavy atom. The molecule has 0 aliphatic heterocycles. The van der Waals surface area contributed by atoms with Crippen LogP contribution >= 0.6 is 0 Å². The predicted octanol–water partition coefficient (Wildman–Crippen LogP) is 3.75. The van der Waals surface area contributed by atoms with Crippen molar-refractivity contribution < 1.29 is 5.11 Å². The third-order valence-corrected chi connectivity index (χ3v) is 5.76. The largest absolute Gasteiger partial charge is 0.393 e. The van der Waals surface area contributed by atoms with Crippen molar-refractivity contribution in [1.82, 2.24) is 0 Å². The lowest BCUT2D eigenvalue weighted by Gasteiger charge is -2.66. The summed E-state index contributed by atoms with van der Waals surface area (Å²) in [7, 11) is 0. The zero-order chi connectivity index (χ0) is 11.6. The van der Waals surface area contributed by atoms with E-state index in [1.165, 1.54) is 38.5 Å². The highest BCUT2D eigenvalue weighted by Crippen LogP contribution is 2.70. The third-order valence-electron chi connectivity index (χ3n) is 5.76. The monoisotopic (exact) mass is 222 g/mol. The summed E-state index contributed by atoms with van der Waals surface area (Å²) < 4.78 is 0. The van der Waals surface area contributed by atoms with Crippen LogP contribution in [0.3, 0.4) is 0 Å². The molecular formula is C15H26O. The number of hydrogen-bond acceptors (Lipinski definition) is 1. The molecule has 0 heterocycles. The van der Waals surface area contributed by atoms with Gasteiger partial charge in [0.25, 0.3) is 0 Å². The molecule has 0 aromatic carbocycles. The van der Waals surface area contributed by atoms with Crippen molar-refractivity contribution in [2.45, 2.75) is 71.8 Å². The van der Waals surface area contributed by atoms with Gasteiger partial charge in [0.15, 0.2) is 0 Å². The number of rotatable bonds is 2. The van der Waals surface area contributed by atoms with E-state index in [0.29, 0.717) is 10.8 Å². The zero-order valence-electron chi connectivity index (χ0n) is 11.1. The van der Waals surface area contributed by atoms with Crippen molar-refractivity contribution in [3.63, 3.8) is 0 Å². The molecule has 0 aromatic rings. The first-order valence-electron chi connectivity index (χ1n) is 7.07. The van der Waals surface area contributed by atoms with E-state index in [-0.39, 0.29) is 11.5 Å². The van der Waals surface area contributed by atoms with Gasteiger partial charge >= 0.3 is 0 Å². The topological polar surface area (TPSA) is 20.2 Å². The molecule has 0 spiro atoms. The normalized spacial score (nSPS) is 56.6. The van der Waals surface area contributed by atoms with Crippen LogP contribution in [-0.2, 0) is 0 Å². The van der Waals surface area contributed by atoms with Crippen molar-refractivity contribution in [2.75, 3.05) is 0 Å². The minimum atomic E-state index is -0.0467. The van der Waals surface area contributed by atoms with Crippen molar-refractivity contribution in [2.24, 2.45) is 22.2 Å². The second kappa shape index (κ2) is 3.04. The molecule has 16 heavy (non-hydrogen) atoms. The molecular weight excluding hydrogens is 196 g/mol. The van der Waals surface area contributed by atoms with Gasteiger partial charge in [-0.05, 0) is 67.1 Å². The Labute approximate surface area is 99.6 Å². The van der Waals surface area contributed by atoms with Crippen molar-refractivity contribution >= 4 is 0 Å². The molecule has 1 nitrogen and oxygen atoms in total. The summed E-state index contributed by atoms with van der Waals surface area (Å²) in [5.41, 5.74) is 1.38. The van der Waals surface area contributed by atoms with Crippen LogP contribution in [0.25, 0.3) is 0 Å². The van der Waals surface area contributed by atoms with Gasteiger partial charge in [0, 0.05) is 0 Å². The molecule has 3 atom stereocenters. The Morgan fingerprint density at radius 1 is 1.06 bits per heavy atom. The first-order chi connectivity index (χ1) is 7.39. The highest BCUT2D eigenvalue weighted by Gasteiger charge is 2.61. The molecule has 0 radical (unpaired) electrons. The van der Waals surface area contributed by atoms with Crippen molar-refractivity contribution in [3.8, 4) is 0 Å². The van der Waals surface area contributed by atoms with Crippen molar-refractivity contribution in [3.05, 3.63) is 0 Å². The standard InChI is InChI=1S/C15H26O/c1-4-12(16)15-7-11-5-13(2,9-15)8-14(3,6-11)10-15/h11-12,16H,4-10H2,1-3H3/t11?,12-,13?,14?,15?/m1/s1. The molecule has 0 saturated heterocycles. The molecule has 1 N–H and O–H groups in total. The fraction of sp³-hybridized carbons (Fsp3) is 1.00. The average Bonchev–Trinajstić information content (AvgIpc) is 2.10. The van der Waals surface area contributed by atoms with Crippen LogP contribution in [-0.4, -0.2) is 11.2 Å². The maximum atomic E-state index is 10.5. The summed E-state index contributed by atoms with van der Waals surface area (Å²) in [6.07, 6.45) is 9.07. The second-order valence-corrected chi connectivity index (χ2v) is 7.92. The summed E-state index contributed by atoms with van der Waals surface area (Å²) in [6, 6.07) is 0. The molecule has 4 aliphatic rings. The summed E-state index contributed by atoms with van der Waals surface area (Å²) in [6.45, 7) is 7.10. The Bertz CT molecular complexity index is 291. The molecule has 0 aromatic heterocycles. The summed E-state index contributed by atoms with van der Waals surface area (Å²) >= 11 is 0. The van der Waals surface area contributed by atoms with Gasteiger partial charge in [0.05, 0.1) is 6.10 Å². The molecule has 4 aliphatic carbocycles. The van der Waals surface area contributed by atoms with Crippen LogP contribution in [0.15, 0.2) is 0 Å². The van der Waals surface area contributed by atoms with Gasteiger partial charge in [-0.15, -0.1) is 0 Å². The van der Waals surface area contributed by atoms with E-state index in [1.807, 2.05) is 0 Å². The first-order valence-corrected chi connectivity index (χ1v) is 7.07. The van der Waals surface area contributed by atoms with E-state index >= 15 is 0 Å². The van der Waals surface area contributed by atoms with Gasteiger partial charge < -0.3 is 5.11 Å². The fourth-order valence-electron chi connectivity index (χ4n) is 6.34. The Hall–Kier alpha value is -0.0400. The van der Waals surface area contributed by atoms with Gasteiger partial charge in [0.1, 0.15) is 0 Å². The molecule has 4 bridgehead atoms. The molecule has 4 rings (SSSR count). The van der Waals surface area contributed by atoms with Gasteiger partial charge in [-0.1, -0.05) is 20.8 Å². The lowest BCUT2D eigenvalue weighted by Crippen LogP contribution is -2.58. The summed E-state index contributed by atoms with van der Waals surface area (Å²) in [4.78, 5) is 0. The zero-order valence-corrected chi connectivity index (χ0v) is 11.1. The third kappa shape index (κ3) is 1.40. The van der Waals surface area contributed by atoms with Crippen LogP contribution in [0, 0.1) is 22.2 Å². The lowest BCUT2D eigenvalue weighted by molar-refractivity contribution is -0.185. The second-order valence-electron chi connectivity index (χ2n) is 7.92. The highest BCUT2D eigenvalue weighted by molar-refractivity contribution is 5.12. The van der Waals surface area contributed by atoms with E-state index in [2.05, 4.69) is 20.8 Å². The van der Waals surface area contributed by atoms with Crippen LogP contribution in [0.2, 0.25) is 0 Å². The van der Waals surface area contributed by atoms with Gasteiger partial charge in [0.2, 0.25) is 0 Å². The van der Waals surface area contributed by atoms with E-state index < -0.39 is 0 Å². The van der Waals surface area contributed by atoms with Gasteiger partial charge in [-0.3, -0.25) is 0 Å². The molecule has 1 heteroatoms. The first kappa shape index (κ1) is 11.1. The maximum Gasteiger partial charge on any atom is 0.0594 e. The minimum Gasteiger partial charge on any atom is -0.393 e. The lowest BCUT2D eigenvalue weighted by atomic mass is 9.39. The molecule has 4 saturated carbocycles. The van der Waals surface area contributed by atoms with E-state index in [9.17, 15) is 5.11 Å². The highest BCUT2D eigenvalue weighted by atomic mass is 16.3. The maximum absolute atomic E-state index is 10.5.